The predicted molar refractivity (Wildman–Crippen MR) is 177 cm³/mol. The van der Waals surface area contributed by atoms with Crippen molar-refractivity contribution in [1.82, 2.24) is 0 Å². The monoisotopic (exact) mass is 533 g/mol. The van der Waals surface area contributed by atoms with Crippen molar-refractivity contribution in [3.63, 3.8) is 0 Å². The van der Waals surface area contributed by atoms with Crippen molar-refractivity contribution in [2.24, 2.45) is 0 Å². The summed E-state index contributed by atoms with van der Waals surface area (Å²) in [6.07, 6.45) is 1.06. The van der Waals surface area contributed by atoms with Gasteiger partial charge in [-0.1, -0.05) is 156 Å². The van der Waals surface area contributed by atoms with Gasteiger partial charge in [-0.15, -0.1) is 0 Å². The molecule has 0 aliphatic carbocycles. The van der Waals surface area contributed by atoms with Gasteiger partial charge in [-0.05, 0) is 89.3 Å². The second kappa shape index (κ2) is 10.4. The van der Waals surface area contributed by atoms with E-state index in [1.807, 2.05) is 0 Å². The predicted octanol–water partition coefficient (Wildman–Crippen LogP) is 11.8. The second-order valence-electron chi connectivity index (χ2n) is 18.6. The Hall–Kier alpha value is -1.56. The highest BCUT2D eigenvalue weighted by atomic mass is 14.5. The first-order valence-corrected chi connectivity index (χ1v) is 15.4. The van der Waals surface area contributed by atoms with Crippen LogP contribution in [0.15, 0.2) is 24.3 Å². The van der Waals surface area contributed by atoms with Crippen molar-refractivity contribution in [2.45, 2.75) is 176 Å². The summed E-state index contributed by atoms with van der Waals surface area (Å²) in [7, 11) is 0. The quantitative estimate of drug-likeness (QED) is 0.369. The van der Waals surface area contributed by atoms with Crippen molar-refractivity contribution in [2.75, 3.05) is 0 Å². The first-order valence-electron chi connectivity index (χ1n) is 15.4. The molecule has 2 rings (SSSR count). The minimum atomic E-state index is 0.0291. The molecule has 0 nitrogen and oxygen atoms in total. The van der Waals surface area contributed by atoms with Gasteiger partial charge in [-0.3, -0.25) is 0 Å². The third-order valence-electron chi connectivity index (χ3n) is 8.19. The van der Waals surface area contributed by atoms with E-state index in [0.29, 0.717) is 5.92 Å². The van der Waals surface area contributed by atoms with Crippen LogP contribution in [0.25, 0.3) is 0 Å². The number of hydrogen-bond acceptors (Lipinski definition) is 0. The standard InChI is InChI=1S/C39H64/c1-25(26-21-20-22-27(24-26)34(2,3)4)23-28-29(35(5,6)7)31(37(11,12)13)33(39(17,18)19)32(38(14,15)16)30(28)36(8,9)10/h20-22,24-25H,23H2,1-19H3. The molecular weight excluding hydrogens is 468 g/mol. The molecule has 39 heavy (non-hydrogen) atoms. The van der Waals surface area contributed by atoms with E-state index in [0.717, 1.165) is 6.42 Å². The van der Waals surface area contributed by atoms with Gasteiger partial charge < -0.3 is 0 Å². The molecule has 0 heteroatoms. The second-order valence-corrected chi connectivity index (χ2v) is 18.6. The lowest BCUT2D eigenvalue weighted by atomic mass is 9.58. The summed E-state index contributed by atoms with van der Waals surface area (Å²) in [5.41, 5.74) is 12.7. The van der Waals surface area contributed by atoms with Gasteiger partial charge in [-0.25, -0.2) is 0 Å². The average molecular weight is 533 g/mol. The Labute approximate surface area is 244 Å². The van der Waals surface area contributed by atoms with Gasteiger partial charge in [-0.2, -0.15) is 0 Å². The van der Waals surface area contributed by atoms with Gasteiger partial charge in [0, 0.05) is 0 Å². The molecule has 0 saturated carbocycles. The maximum atomic E-state index is 2.47. The highest BCUT2D eigenvalue weighted by Gasteiger charge is 2.42. The van der Waals surface area contributed by atoms with Crippen LogP contribution in [0.3, 0.4) is 0 Å². The molecule has 0 aliphatic heterocycles. The SMILES string of the molecule is CC(Cc1c(C(C)(C)C)c(C(C)(C)C)c(C(C)(C)C)c(C(C)(C)C)c1C(C)(C)C)c1cccc(C(C)(C)C)c1. The first kappa shape index (κ1) is 33.6. The summed E-state index contributed by atoms with van der Waals surface area (Å²) >= 11 is 0. The third kappa shape index (κ3) is 7.40. The third-order valence-corrected chi connectivity index (χ3v) is 8.19. The van der Waals surface area contributed by atoms with Gasteiger partial charge in [0.05, 0.1) is 0 Å². The van der Waals surface area contributed by atoms with Gasteiger partial charge in [0.2, 0.25) is 0 Å². The molecule has 220 valence electrons. The molecule has 1 unspecified atom stereocenters. The molecule has 0 aromatic heterocycles. The molecule has 0 N–H and O–H groups in total. The van der Waals surface area contributed by atoms with E-state index in [9.17, 15) is 0 Å². The van der Waals surface area contributed by atoms with Crippen LogP contribution in [0.1, 0.15) is 182 Å². The Kier molecular flexibility index (Phi) is 8.94. The topological polar surface area (TPSA) is 0 Å². The summed E-state index contributed by atoms with van der Waals surface area (Å²) in [4.78, 5) is 0. The summed E-state index contributed by atoms with van der Waals surface area (Å²) in [5, 5.41) is 0. The van der Waals surface area contributed by atoms with Gasteiger partial charge >= 0.3 is 0 Å². The summed E-state index contributed by atoms with van der Waals surface area (Å²) in [6, 6.07) is 9.39. The van der Waals surface area contributed by atoms with E-state index in [1.165, 1.54) is 11.1 Å². The fourth-order valence-electron chi connectivity index (χ4n) is 6.65. The molecule has 1 atom stereocenters. The molecule has 2 aromatic rings. The summed E-state index contributed by atoms with van der Waals surface area (Å²) < 4.78 is 0. The van der Waals surface area contributed by atoms with Crippen LogP contribution >= 0.6 is 0 Å². The lowest BCUT2D eigenvalue weighted by Gasteiger charge is -2.46. The van der Waals surface area contributed by atoms with E-state index in [-0.39, 0.29) is 32.5 Å². The van der Waals surface area contributed by atoms with Crippen LogP contribution in [-0.2, 0) is 38.9 Å². The van der Waals surface area contributed by atoms with Gasteiger partial charge in [0.25, 0.3) is 0 Å². The highest BCUT2D eigenvalue weighted by Crippen LogP contribution is 2.52. The van der Waals surface area contributed by atoms with E-state index in [4.69, 9.17) is 0 Å². The van der Waals surface area contributed by atoms with Crippen molar-refractivity contribution < 1.29 is 0 Å². The fourth-order valence-corrected chi connectivity index (χ4v) is 6.65. The Morgan fingerprint density at radius 1 is 0.462 bits per heavy atom. The van der Waals surface area contributed by atoms with Crippen molar-refractivity contribution >= 4 is 0 Å². The maximum absolute atomic E-state index is 2.47. The summed E-state index contributed by atoms with van der Waals surface area (Å²) in [5.74, 6) is 0.427. The van der Waals surface area contributed by atoms with Gasteiger partial charge in [0.1, 0.15) is 0 Å². The molecule has 0 radical (unpaired) electrons. The molecular formula is C39H64. The van der Waals surface area contributed by atoms with E-state index in [1.54, 1.807) is 33.4 Å². The maximum Gasteiger partial charge on any atom is -0.0126 e. The molecule has 0 aliphatic rings. The molecule has 0 heterocycles. The van der Waals surface area contributed by atoms with E-state index in [2.05, 4.69) is 156 Å². The smallest absolute Gasteiger partial charge is 0.0126 e. The van der Waals surface area contributed by atoms with Crippen LogP contribution in [0.4, 0.5) is 0 Å². The van der Waals surface area contributed by atoms with Crippen molar-refractivity contribution in [3.8, 4) is 0 Å². The largest absolute Gasteiger partial charge is 0.0617 e. The minimum Gasteiger partial charge on any atom is -0.0617 e. The van der Waals surface area contributed by atoms with E-state index < -0.39 is 0 Å². The van der Waals surface area contributed by atoms with Gasteiger partial charge in [0.15, 0.2) is 0 Å². The number of rotatable bonds is 3. The van der Waals surface area contributed by atoms with Crippen LogP contribution in [0.2, 0.25) is 0 Å². The van der Waals surface area contributed by atoms with Crippen LogP contribution in [0, 0.1) is 0 Å². The van der Waals surface area contributed by atoms with Crippen molar-refractivity contribution in [1.29, 1.82) is 0 Å². The minimum absolute atomic E-state index is 0.0291. The molecule has 0 saturated heterocycles. The Balaban J connectivity index is 3.21. The number of benzene rings is 2. The molecule has 0 bridgehead atoms. The van der Waals surface area contributed by atoms with Crippen LogP contribution < -0.4 is 0 Å². The molecule has 0 fully saturated rings. The zero-order chi connectivity index (χ0) is 30.7. The normalized spacial score (nSPS) is 15.1. The average Bonchev–Trinajstić information content (AvgIpc) is 2.68. The zero-order valence-corrected chi connectivity index (χ0v) is 29.6. The molecule has 2 aromatic carbocycles. The first-order chi connectivity index (χ1) is 17.1. The highest BCUT2D eigenvalue weighted by molar-refractivity contribution is 5.62. The Morgan fingerprint density at radius 2 is 0.795 bits per heavy atom. The lowest BCUT2D eigenvalue weighted by Crippen LogP contribution is -2.37. The van der Waals surface area contributed by atoms with Crippen molar-refractivity contribution in [3.05, 3.63) is 68.8 Å². The lowest BCUT2D eigenvalue weighted by molar-refractivity contribution is 0.452. The summed E-state index contributed by atoms with van der Waals surface area (Å²) in [6.45, 7) is 46.0. The van der Waals surface area contributed by atoms with Crippen LogP contribution in [-0.4, -0.2) is 0 Å². The Bertz CT molecular complexity index is 1110. The number of hydrogen-bond donors (Lipinski definition) is 0. The Morgan fingerprint density at radius 3 is 1.10 bits per heavy atom. The molecule has 0 amide bonds. The fraction of sp³-hybridized carbons (Fsp3) is 0.692. The zero-order valence-electron chi connectivity index (χ0n) is 29.6. The van der Waals surface area contributed by atoms with E-state index >= 15 is 0 Å². The van der Waals surface area contributed by atoms with Crippen LogP contribution in [0.5, 0.6) is 0 Å². The molecule has 0 spiro atoms.